The van der Waals surface area contributed by atoms with E-state index >= 15 is 0 Å². The molecule has 2 rings (SSSR count). The van der Waals surface area contributed by atoms with Gasteiger partial charge in [0.05, 0.1) is 0 Å². The summed E-state index contributed by atoms with van der Waals surface area (Å²) < 4.78 is 40.0. The number of hydrogen-bond donors (Lipinski definition) is 1. The highest BCUT2D eigenvalue weighted by Crippen LogP contribution is 2.31. The van der Waals surface area contributed by atoms with Crippen molar-refractivity contribution in [3.8, 4) is 0 Å². The SMILES string of the molecule is FC(F)(F)COCc1nc(C2CCCC2)n[nH]1. The molecule has 0 atom stereocenters. The number of aromatic nitrogens is 3. The van der Waals surface area contributed by atoms with Crippen LogP contribution < -0.4 is 0 Å². The lowest BCUT2D eigenvalue weighted by atomic mass is 10.1. The number of ether oxygens (including phenoxy) is 1. The second-order valence-electron chi connectivity index (χ2n) is 4.23. The third-order valence-corrected chi connectivity index (χ3v) is 2.77. The monoisotopic (exact) mass is 249 g/mol. The zero-order chi connectivity index (χ0) is 12.3. The lowest BCUT2D eigenvalue weighted by Gasteiger charge is -2.05. The van der Waals surface area contributed by atoms with Crippen LogP contribution in [0, 0.1) is 0 Å². The van der Waals surface area contributed by atoms with Gasteiger partial charge in [-0.3, -0.25) is 5.10 Å². The molecule has 0 saturated heterocycles. The van der Waals surface area contributed by atoms with E-state index in [0.717, 1.165) is 12.8 Å². The molecular weight excluding hydrogens is 235 g/mol. The Bertz CT molecular complexity index is 358. The molecule has 0 unspecified atom stereocenters. The van der Waals surface area contributed by atoms with Gasteiger partial charge in [0.25, 0.3) is 0 Å². The lowest BCUT2D eigenvalue weighted by molar-refractivity contribution is -0.177. The van der Waals surface area contributed by atoms with Crippen molar-refractivity contribution in [1.29, 1.82) is 0 Å². The number of alkyl halides is 3. The average molecular weight is 249 g/mol. The summed E-state index contributed by atoms with van der Waals surface area (Å²) in [6, 6.07) is 0. The molecule has 1 N–H and O–H groups in total. The largest absolute Gasteiger partial charge is 0.411 e. The molecule has 1 saturated carbocycles. The van der Waals surface area contributed by atoms with Gasteiger partial charge in [-0.15, -0.1) is 0 Å². The van der Waals surface area contributed by atoms with Crippen molar-refractivity contribution in [2.75, 3.05) is 6.61 Å². The summed E-state index contributed by atoms with van der Waals surface area (Å²) in [5.41, 5.74) is 0. The van der Waals surface area contributed by atoms with E-state index < -0.39 is 12.8 Å². The van der Waals surface area contributed by atoms with Crippen molar-refractivity contribution in [2.24, 2.45) is 0 Å². The minimum absolute atomic E-state index is 0.181. The molecule has 0 bridgehead atoms. The zero-order valence-corrected chi connectivity index (χ0v) is 9.26. The van der Waals surface area contributed by atoms with Crippen LogP contribution in [-0.4, -0.2) is 28.0 Å². The summed E-state index contributed by atoms with van der Waals surface area (Å²) in [4.78, 5) is 4.15. The number of hydrogen-bond acceptors (Lipinski definition) is 3. The van der Waals surface area contributed by atoms with Crippen LogP contribution in [0.2, 0.25) is 0 Å². The molecule has 7 heteroatoms. The van der Waals surface area contributed by atoms with Crippen molar-refractivity contribution in [1.82, 2.24) is 15.2 Å². The first-order valence-corrected chi connectivity index (χ1v) is 5.60. The van der Waals surface area contributed by atoms with E-state index in [0.29, 0.717) is 17.6 Å². The van der Waals surface area contributed by atoms with E-state index in [9.17, 15) is 13.2 Å². The van der Waals surface area contributed by atoms with E-state index in [1.807, 2.05) is 0 Å². The average Bonchev–Trinajstić information content (AvgIpc) is 2.83. The molecule has 0 aliphatic heterocycles. The van der Waals surface area contributed by atoms with E-state index in [2.05, 4.69) is 19.9 Å². The first kappa shape index (κ1) is 12.3. The Kier molecular flexibility index (Phi) is 3.66. The molecule has 0 amide bonds. The predicted molar refractivity (Wildman–Crippen MR) is 53.3 cm³/mol. The third-order valence-electron chi connectivity index (χ3n) is 2.77. The molecular formula is C10H14F3N3O. The number of H-pyrrole nitrogens is 1. The van der Waals surface area contributed by atoms with Gasteiger partial charge < -0.3 is 4.74 Å². The fourth-order valence-electron chi connectivity index (χ4n) is 2.00. The topological polar surface area (TPSA) is 50.8 Å². The number of halogens is 3. The predicted octanol–water partition coefficient (Wildman–Crippen LogP) is 2.54. The van der Waals surface area contributed by atoms with Crippen LogP contribution in [0.4, 0.5) is 13.2 Å². The van der Waals surface area contributed by atoms with Crippen molar-refractivity contribution in [3.63, 3.8) is 0 Å². The van der Waals surface area contributed by atoms with Crippen LogP contribution >= 0.6 is 0 Å². The van der Waals surface area contributed by atoms with Gasteiger partial charge in [0.2, 0.25) is 0 Å². The van der Waals surface area contributed by atoms with Crippen molar-refractivity contribution in [2.45, 2.75) is 44.4 Å². The summed E-state index contributed by atoms with van der Waals surface area (Å²) >= 11 is 0. The highest BCUT2D eigenvalue weighted by molar-refractivity contribution is 4.99. The maximum Gasteiger partial charge on any atom is 0.411 e. The number of nitrogens with zero attached hydrogens (tertiary/aromatic N) is 2. The first-order chi connectivity index (χ1) is 8.04. The molecule has 1 aliphatic carbocycles. The first-order valence-electron chi connectivity index (χ1n) is 5.60. The summed E-state index contributed by atoms with van der Waals surface area (Å²) in [7, 11) is 0. The summed E-state index contributed by atoms with van der Waals surface area (Å²) in [5, 5.41) is 6.63. The van der Waals surface area contributed by atoms with E-state index in [1.165, 1.54) is 12.8 Å². The van der Waals surface area contributed by atoms with Crippen LogP contribution in [0.1, 0.15) is 43.3 Å². The molecule has 4 nitrogen and oxygen atoms in total. The standard InChI is InChI=1S/C10H14F3N3O/c11-10(12,13)6-17-5-8-14-9(16-15-8)7-3-1-2-4-7/h7H,1-6H2,(H,14,15,16). The second kappa shape index (κ2) is 5.03. The Balaban J connectivity index is 1.81. The van der Waals surface area contributed by atoms with Crippen LogP contribution in [0.15, 0.2) is 0 Å². The van der Waals surface area contributed by atoms with E-state index in [4.69, 9.17) is 0 Å². The molecule has 96 valence electrons. The molecule has 0 aromatic carbocycles. The van der Waals surface area contributed by atoms with E-state index in [-0.39, 0.29) is 6.61 Å². The molecule has 1 fully saturated rings. The van der Waals surface area contributed by atoms with Gasteiger partial charge in [-0.25, -0.2) is 4.98 Å². The normalized spacial score (nSPS) is 17.8. The van der Waals surface area contributed by atoms with Gasteiger partial charge in [0.1, 0.15) is 13.2 Å². The maximum absolute atomic E-state index is 11.8. The Morgan fingerprint density at radius 1 is 1.29 bits per heavy atom. The van der Waals surface area contributed by atoms with Gasteiger partial charge in [0.15, 0.2) is 11.6 Å². The van der Waals surface area contributed by atoms with Crippen LogP contribution in [0.25, 0.3) is 0 Å². The van der Waals surface area contributed by atoms with Gasteiger partial charge in [-0.2, -0.15) is 18.3 Å². The molecule has 0 spiro atoms. The van der Waals surface area contributed by atoms with E-state index in [1.54, 1.807) is 0 Å². The molecule has 1 aliphatic rings. The molecule has 17 heavy (non-hydrogen) atoms. The molecule has 1 heterocycles. The molecule has 0 radical (unpaired) electrons. The Morgan fingerprint density at radius 2 is 2.00 bits per heavy atom. The minimum atomic E-state index is -4.30. The van der Waals surface area contributed by atoms with Crippen LogP contribution in [0.3, 0.4) is 0 Å². The fraction of sp³-hybridized carbons (Fsp3) is 0.800. The Labute approximate surface area is 96.6 Å². The molecule has 1 aromatic rings. The van der Waals surface area contributed by atoms with Gasteiger partial charge in [0, 0.05) is 5.92 Å². The van der Waals surface area contributed by atoms with Gasteiger partial charge >= 0.3 is 6.18 Å². The maximum atomic E-state index is 11.8. The zero-order valence-electron chi connectivity index (χ0n) is 9.26. The highest BCUT2D eigenvalue weighted by Gasteiger charge is 2.27. The lowest BCUT2D eigenvalue weighted by Crippen LogP contribution is -2.17. The fourth-order valence-corrected chi connectivity index (χ4v) is 2.00. The van der Waals surface area contributed by atoms with Gasteiger partial charge in [-0.1, -0.05) is 12.8 Å². The number of nitrogens with one attached hydrogen (secondary N) is 1. The highest BCUT2D eigenvalue weighted by atomic mass is 19.4. The van der Waals surface area contributed by atoms with Gasteiger partial charge in [-0.05, 0) is 12.8 Å². The third kappa shape index (κ3) is 3.69. The quantitative estimate of drug-likeness (QED) is 0.892. The van der Waals surface area contributed by atoms with Crippen molar-refractivity contribution in [3.05, 3.63) is 11.6 Å². The van der Waals surface area contributed by atoms with Crippen molar-refractivity contribution < 1.29 is 17.9 Å². The number of aromatic amines is 1. The smallest absolute Gasteiger partial charge is 0.364 e. The Morgan fingerprint density at radius 3 is 2.65 bits per heavy atom. The summed E-state index contributed by atoms with van der Waals surface area (Å²) in [6.07, 6.45) is 0.147. The minimum Gasteiger partial charge on any atom is -0.364 e. The summed E-state index contributed by atoms with van der Waals surface area (Å²) in [5.74, 6) is 1.41. The second-order valence-corrected chi connectivity index (χ2v) is 4.23. The van der Waals surface area contributed by atoms with Crippen molar-refractivity contribution >= 4 is 0 Å². The van der Waals surface area contributed by atoms with Crippen LogP contribution in [0.5, 0.6) is 0 Å². The molecule has 1 aromatic heterocycles. The number of rotatable bonds is 4. The van der Waals surface area contributed by atoms with Crippen LogP contribution in [-0.2, 0) is 11.3 Å². The summed E-state index contributed by atoms with van der Waals surface area (Å²) in [6.45, 7) is -1.44. The Hall–Kier alpha value is -1.11.